The predicted molar refractivity (Wildman–Crippen MR) is 69.9 cm³/mol. The Hall–Kier alpha value is -2.13. The number of benzene rings is 1. The Morgan fingerprint density at radius 2 is 2.05 bits per heavy atom. The molecule has 1 aromatic carbocycles. The van der Waals surface area contributed by atoms with Crippen LogP contribution in [0.3, 0.4) is 0 Å². The molecule has 0 atom stereocenters. The van der Waals surface area contributed by atoms with Gasteiger partial charge in [0.25, 0.3) is 10.0 Å². The molecule has 0 fully saturated rings. The summed E-state index contributed by atoms with van der Waals surface area (Å²) in [5.41, 5.74) is -0.283. The number of nitrogens with zero attached hydrogens (tertiary/aromatic N) is 1. The Morgan fingerprint density at radius 3 is 2.63 bits per heavy atom. The van der Waals surface area contributed by atoms with Crippen molar-refractivity contribution in [3.63, 3.8) is 0 Å². The van der Waals surface area contributed by atoms with Crippen LogP contribution < -0.4 is 4.72 Å². The highest BCUT2D eigenvalue weighted by molar-refractivity contribution is 7.92. The molecule has 0 unspecified atom stereocenters. The van der Waals surface area contributed by atoms with Crippen LogP contribution in [0.15, 0.2) is 39.9 Å². The molecule has 0 saturated carbocycles. The molecule has 0 amide bonds. The molecule has 0 spiro atoms. The summed E-state index contributed by atoms with van der Waals surface area (Å²) >= 11 is 1.31. The van der Waals surface area contributed by atoms with Gasteiger partial charge in [-0.15, -0.1) is 0 Å². The lowest BCUT2D eigenvalue weighted by Crippen LogP contribution is -2.12. The van der Waals surface area contributed by atoms with E-state index in [9.17, 15) is 23.6 Å². The molecule has 0 saturated heterocycles. The van der Waals surface area contributed by atoms with Gasteiger partial charge in [0.05, 0.1) is 15.5 Å². The minimum absolute atomic E-state index is 0.289. The van der Waals surface area contributed by atoms with Gasteiger partial charge in [-0.2, -0.15) is 11.3 Å². The Morgan fingerprint density at radius 1 is 1.32 bits per heavy atom. The summed E-state index contributed by atoms with van der Waals surface area (Å²) in [7, 11) is -3.91. The van der Waals surface area contributed by atoms with Crippen molar-refractivity contribution in [2.75, 3.05) is 4.72 Å². The summed E-state index contributed by atoms with van der Waals surface area (Å²) in [6.45, 7) is 0. The van der Waals surface area contributed by atoms with Gasteiger partial charge in [0.1, 0.15) is 0 Å². The van der Waals surface area contributed by atoms with E-state index in [1.54, 1.807) is 16.8 Å². The van der Waals surface area contributed by atoms with E-state index < -0.39 is 26.4 Å². The molecule has 19 heavy (non-hydrogen) atoms. The third-order valence-electron chi connectivity index (χ3n) is 2.23. The van der Waals surface area contributed by atoms with Gasteiger partial charge >= 0.3 is 5.69 Å². The number of phenols is 1. The average Bonchev–Trinajstić information content (AvgIpc) is 2.80. The molecule has 1 heterocycles. The molecule has 7 nitrogen and oxygen atoms in total. The smallest absolute Gasteiger partial charge is 0.312 e. The number of aromatic hydroxyl groups is 1. The molecular formula is C10H8N2O5S2. The predicted octanol–water partition coefficient (Wildman–Crippen LogP) is 2.16. The average molecular weight is 300 g/mol. The first-order valence-corrected chi connectivity index (χ1v) is 7.35. The quantitative estimate of drug-likeness (QED) is 0.664. The maximum absolute atomic E-state index is 12.0. The summed E-state index contributed by atoms with van der Waals surface area (Å²) < 4.78 is 26.2. The summed E-state index contributed by atoms with van der Waals surface area (Å²) in [4.78, 5) is 9.51. The van der Waals surface area contributed by atoms with Crippen LogP contribution in [0, 0.1) is 10.1 Å². The highest BCUT2D eigenvalue weighted by Gasteiger charge is 2.21. The molecule has 9 heteroatoms. The molecule has 2 N–H and O–H groups in total. The number of phenolic OH excluding ortho intramolecular Hbond substituents is 1. The van der Waals surface area contributed by atoms with Gasteiger partial charge in [0.15, 0.2) is 5.75 Å². The molecular weight excluding hydrogens is 292 g/mol. The van der Waals surface area contributed by atoms with E-state index >= 15 is 0 Å². The summed E-state index contributed by atoms with van der Waals surface area (Å²) in [6.07, 6.45) is 0. The fourth-order valence-electron chi connectivity index (χ4n) is 1.35. The first-order valence-electron chi connectivity index (χ1n) is 4.92. The van der Waals surface area contributed by atoms with E-state index in [1.807, 2.05) is 0 Å². The van der Waals surface area contributed by atoms with Crippen LogP contribution in [-0.2, 0) is 10.0 Å². The zero-order chi connectivity index (χ0) is 14.0. The largest absolute Gasteiger partial charge is 0.502 e. The molecule has 0 aliphatic carbocycles. The maximum Gasteiger partial charge on any atom is 0.312 e. The van der Waals surface area contributed by atoms with E-state index in [1.165, 1.54) is 11.3 Å². The van der Waals surface area contributed by atoms with Crippen molar-refractivity contribution < 1.29 is 18.4 Å². The fraction of sp³-hybridized carbons (Fsp3) is 0. The summed E-state index contributed by atoms with van der Waals surface area (Å²) in [5.74, 6) is -0.584. The van der Waals surface area contributed by atoms with Crippen LogP contribution in [0.1, 0.15) is 0 Å². The SMILES string of the molecule is O=[N+]([O-])c1cc(S(=O)(=O)Nc2ccsc2)ccc1O. The van der Waals surface area contributed by atoms with Crippen molar-refractivity contribution in [1.29, 1.82) is 0 Å². The number of hydrogen-bond acceptors (Lipinski definition) is 6. The minimum Gasteiger partial charge on any atom is -0.502 e. The van der Waals surface area contributed by atoms with Crippen LogP contribution in [-0.4, -0.2) is 18.4 Å². The molecule has 0 aliphatic rings. The normalized spacial score (nSPS) is 11.2. The molecule has 100 valence electrons. The number of nitro benzene ring substituents is 1. The Kier molecular flexibility index (Phi) is 3.40. The van der Waals surface area contributed by atoms with Gasteiger partial charge < -0.3 is 5.11 Å². The van der Waals surface area contributed by atoms with Gasteiger partial charge in [-0.3, -0.25) is 14.8 Å². The molecule has 0 aliphatic heterocycles. The van der Waals surface area contributed by atoms with Gasteiger partial charge in [-0.1, -0.05) is 0 Å². The number of sulfonamides is 1. The molecule has 2 rings (SSSR count). The second kappa shape index (κ2) is 4.86. The zero-order valence-electron chi connectivity index (χ0n) is 9.31. The number of hydrogen-bond donors (Lipinski definition) is 2. The van der Waals surface area contributed by atoms with Gasteiger partial charge in [0.2, 0.25) is 0 Å². The van der Waals surface area contributed by atoms with Gasteiger partial charge in [0, 0.05) is 11.4 Å². The van der Waals surface area contributed by atoms with Crippen molar-refractivity contribution in [3.8, 4) is 5.75 Å². The standard InChI is InChI=1S/C10H8N2O5S2/c13-10-2-1-8(5-9(10)12(14)15)19(16,17)11-7-3-4-18-6-7/h1-6,11,13H. The Labute approximate surface area is 112 Å². The third-order valence-corrected chi connectivity index (χ3v) is 4.29. The fourth-order valence-corrected chi connectivity index (χ4v) is 3.08. The van der Waals surface area contributed by atoms with E-state index in [-0.39, 0.29) is 4.90 Å². The topological polar surface area (TPSA) is 110 Å². The van der Waals surface area contributed by atoms with Crippen molar-refractivity contribution in [3.05, 3.63) is 45.1 Å². The van der Waals surface area contributed by atoms with Crippen LogP contribution in [0.25, 0.3) is 0 Å². The first-order chi connectivity index (χ1) is 8.90. The highest BCUT2D eigenvalue weighted by Crippen LogP contribution is 2.29. The molecule has 2 aromatic rings. The van der Waals surface area contributed by atoms with Gasteiger partial charge in [-0.05, 0) is 23.6 Å². The first kappa shape index (κ1) is 13.3. The minimum atomic E-state index is -3.91. The molecule has 0 bridgehead atoms. The Bertz CT molecular complexity index is 710. The number of nitrogens with one attached hydrogen (secondary N) is 1. The second-order valence-electron chi connectivity index (χ2n) is 3.53. The van der Waals surface area contributed by atoms with Crippen molar-refractivity contribution >= 4 is 32.7 Å². The van der Waals surface area contributed by atoms with Crippen LogP contribution >= 0.6 is 11.3 Å². The van der Waals surface area contributed by atoms with Gasteiger partial charge in [-0.25, -0.2) is 8.42 Å². The van der Waals surface area contributed by atoms with E-state index in [4.69, 9.17) is 0 Å². The number of thiophene rings is 1. The molecule has 0 radical (unpaired) electrons. The van der Waals surface area contributed by atoms with E-state index in [2.05, 4.69) is 4.72 Å². The van der Waals surface area contributed by atoms with Crippen molar-refractivity contribution in [2.45, 2.75) is 4.90 Å². The summed E-state index contributed by atoms with van der Waals surface area (Å²) in [5, 5.41) is 23.2. The van der Waals surface area contributed by atoms with Crippen molar-refractivity contribution in [2.24, 2.45) is 0 Å². The lowest BCUT2D eigenvalue weighted by Gasteiger charge is -2.06. The Balaban J connectivity index is 2.41. The monoisotopic (exact) mass is 300 g/mol. The second-order valence-corrected chi connectivity index (χ2v) is 5.99. The zero-order valence-corrected chi connectivity index (χ0v) is 10.9. The number of anilines is 1. The van der Waals surface area contributed by atoms with Crippen LogP contribution in [0.4, 0.5) is 11.4 Å². The molecule has 1 aromatic heterocycles. The van der Waals surface area contributed by atoms with Crippen LogP contribution in [0.2, 0.25) is 0 Å². The highest BCUT2D eigenvalue weighted by atomic mass is 32.2. The third kappa shape index (κ3) is 2.83. The lowest BCUT2D eigenvalue weighted by atomic mass is 10.3. The number of nitro groups is 1. The maximum atomic E-state index is 12.0. The van der Waals surface area contributed by atoms with Crippen molar-refractivity contribution in [1.82, 2.24) is 0 Å². The van der Waals surface area contributed by atoms with E-state index in [0.717, 1.165) is 18.2 Å². The van der Waals surface area contributed by atoms with E-state index in [0.29, 0.717) is 5.69 Å². The summed E-state index contributed by atoms with van der Waals surface area (Å²) in [6, 6.07) is 4.44. The lowest BCUT2D eigenvalue weighted by molar-refractivity contribution is -0.386. The van der Waals surface area contributed by atoms with Crippen LogP contribution in [0.5, 0.6) is 5.75 Å². The number of rotatable bonds is 4.